The number of carbonyl (C=O) groups is 1. The molecule has 0 aliphatic carbocycles. The number of ether oxygens (including phenoxy) is 1. The highest BCUT2D eigenvalue weighted by molar-refractivity contribution is 5.95. The molecule has 0 amide bonds. The standard InChI is InChI=1S/C27H48N6O4/c1-3-5-7-8-10-13-21(34)19-20-15-16-23-24(22(14-9-6-4-2)31-27(30)33(20)23)25(35)37-18-12-11-17-32(36)26(28)29/h7-8,20-22,34,36H,3-6,9-19H2,1-2H3,(H3,28,29)(H2,30,31)/b8-7-/t20-,21-,22+/m1/s1. The fourth-order valence-electron chi connectivity index (χ4n) is 4.97. The van der Waals surface area contributed by atoms with Gasteiger partial charge in [-0.2, -0.15) is 0 Å². The number of nitrogens with one attached hydrogen (secondary N) is 1. The Morgan fingerprint density at radius 2 is 2.00 bits per heavy atom. The monoisotopic (exact) mass is 520 g/mol. The number of aliphatic imine (C=N–C) groups is 1. The first-order valence-electron chi connectivity index (χ1n) is 14.0. The number of guanidine groups is 2. The molecule has 1 fully saturated rings. The number of nitrogens with two attached hydrogens (primary N) is 2. The molecule has 3 atom stereocenters. The van der Waals surface area contributed by atoms with E-state index in [1.54, 1.807) is 0 Å². The SMILES string of the molecule is CCC/C=C\CC[C@@H](O)C[C@H]1CCC2=C(C(=O)OCCCCN(O)C(=N)N)[C@H](CCCCC)N=C(N)N21. The molecule has 0 bridgehead atoms. The maximum atomic E-state index is 13.3. The van der Waals surface area contributed by atoms with Crippen molar-refractivity contribution in [3.05, 3.63) is 23.4 Å². The lowest BCUT2D eigenvalue weighted by Crippen LogP contribution is -2.46. The third kappa shape index (κ3) is 9.66. The van der Waals surface area contributed by atoms with E-state index >= 15 is 0 Å². The molecule has 2 aliphatic heterocycles. The van der Waals surface area contributed by atoms with E-state index in [9.17, 15) is 15.1 Å². The minimum atomic E-state index is -0.442. The third-order valence-electron chi connectivity index (χ3n) is 6.96. The second-order valence-corrected chi connectivity index (χ2v) is 10.0. The number of esters is 1. The quantitative estimate of drug-likeness (QED) is 0.0483. The van der Waals surface area contributed by atoms with Gasteiger partial charge in [0, 0.05) is 18.3 Å². The highest BCUT2D eigenvalue weighted by Crippen LogP contribution is 2.38. The van der Waals surface area contributed by atoms with Gasteiger partial charge in [-0.15, -0.1) is 0 Å². The lowest BCUT2D eigenvalue weighted by Gasteiger charge is -2.34. The molecule has 0 aromatic heterocycles. The van der Waals surface area contributed by atoms with Crippen LogP contribution in [0.15, 0.2) is 28.4 Å². The topological polar surface area (TPSA) is 161 Å². The van der Waals surface area contributed by atoms with Crippen LogP contribution in [0.1, 0.15) is 97.3 Å². The van der Waals surface area contributed by atoms with Crippen LogP contribution in [-0.2, 0) is 9.53 Å². The maximum Gasteiger partial charge on any atom is 0.337 e. The fourth-order valence-corrected chi connectivity index (χ4v) is 4.97. The Morgan fingerprint density at radius 1 is 1.24 bits per heavy atom. The molecule has 0 unspecified atom stereocenters. The molecular weight excluding hydrogens is 472 g/mol. The molecule has 0 radical (unpaired) electrons. The van der Waals surface area contributed by atoms with Crippen molar-refractivity contribution in [2.45, 2.75) is 116 Å². The first-order valence-corrected chi connectivity index (χ1v) is 14.0. The Morgan fingerprint density at radius 3 is 2.70 bits per heavy atom. The van der Waals surface area contributed by atoms with Crippen LogP contribution in [0.25, 0.3) is 0 Å². The van der Waals surface area contributed by atoms with Crippen molar-refractivity contribution in [3.8, 4) is 0 Å². The van der Waals surface area contributed by atoms with E-state index in [0.717, 1.165) is 57.1 Å². The number of hydrogen-bond acceptors (Lipinski definition) is 8. The Balaban J connectivity index is 2.05. The number of hydrogen-bond donors (Lipinski definition) is 5. The van der Waals surface area contributed by atoms with Gasteiger partial charge < -0.3 is 26.2 Å². The summed E-state index contributed by atoms with van der Waals surface area (Å²) in [5.41, 5.74) is 13.1. The van der Waals surface area contributed by atoms with E-state index in [0.29, 0.717) is 48.7 Å². The van der Waals surface area contributed by atoms with Crippen molar-refractivity contribution in [2.24, 2.45) is 16.5 Å². The summed E-state index contributed by atoms with van der Waals surface area (Å²) in [6, 6.07) is -0.307. The van der Waals surface area contributed by atoms with Crippen LogP contribution in [0.3, 0.4) is 0 Å². The van der Waals surface area contributed by atoms with Gasteiger partial charge in [-0.05, 0) is 57.8 Å². The average Bonchev–Trinajstić information content (AvgIpc) is 3.27. The zero-order valence-electron chi connectivity index (χ0n) is 22.7. The second-order valence-electron chi connectivity index (χ2n) is 10.0. The first-order chi connectivity index (χ1) is 17.8. The zero-order valence-corrected chi connectivity index (χ0v) is 22.7. The van der Waals surface area contributed by atoms with E-state index in [4.69, 9.17) is 26.6 Å². The molecule has 37 heavy (non-hydrogen) atoms. The summed E-state index contributed by atoms with van der Waals surface area (Å²) < 4.78 is 5.63. The van der Waals surface area contributed by atoms with Crippen LogP contribution in [-0.4, -0.2) is 69.5 Å². The van der Waals surface area contributed by atoms with Gasteiger partial charge in [0.2, 0.25) is 5.96 Å². The van der Waals surface area contributed by atoms with Gasteiger partial charge in [0.05, 0.1) is 24.3 Å². The van der Waals surface area contributed by atoms with E-state index in [1.165, 1.54) is 0 Å². The van der Waals surface area contributed by atoms with Crippen LogP contribution in [0.5, 0.6) is 0 Å². The van der Waals surface area contributed by atoms with E-state index in [1.807, 2.05) is 4.90 Å². The lowest BCUT2D eigenvalue weighted by molar-refractivity contribution is -0.139. The van der Waals surface area contributed by atoms with Gasteiger partial charge in [-0.25, -0.2) is 14.9 Å². The molecule has 2 rings (SSSR count). The first kappa shape index (κ1) is 30.6. The van der Waals surface area contributed by atoms with E-state index in [2.05, 4.69) is 26.0 Å². The molecule has 2 aliphatic rings. The number of carbonyl (C=O) groups excluding carboxylic acids is 1. The summed E-state index contributed by atoms with van der Waals surface area (Å²) in [4.78, 5) is 20.0. The van der Waals surface area contributed by atoms with Gasteiger partial charge >= 0.3 is 5.97 Å². The molecule has 0 aromatic carbocycles. The Kier molecular flexibility index (Phi) is 13.5. The molecule has 7 N–H and O–H groups in total. The van der Waals surface area contributed by atoms with Crippen molar-refractivity contribution >= 4 is 17.9 Å². The number of fused-ring (bicyclic) bond motifs is 1. The molecular formula is C27H48N6O4. The summed E-state index contributed by atoms with van der Waals surface area (Å²) in [6.45, 7) is 4.69. The Bertz CT molecular complexity index is 828. The lowest BCUT2D eigenvalue weighted by atomic mass is 9.97. The van der Waals surface area contributed by atoms with Crippen LogP contribution >= 0.6 is 0 Å². The molecule has 0 saturated carbocycles. The fraction of sp³-hybridized carbons (Fsp3) is 0.741. The van der Waals surface area contributed by atoms with Gasteiger partial charge in [-0.1, -0.05) is 51.7 Å². The molecule has 10 nitrogen and oxygen atoms in total. The van der Waals surface area contributed by atoms with Gasteiger partial charge in [0.1, 0.15) is 0 Å². The van der Waals surface area contributed by atoms with Crippen LogP contribution in [0, 0.1) is 5.41 Å². The predicted octanol–water partition coefficient (Wildman–Crippen LogP) is 3.78. The molecule has 210 valence electrons. The maximum absolute atomic E-state index is 13.3. The highest BCUT2D eigenvalue weighted by atomic mass is 16.5. The summed E-state index contributed by atoms with van der Waals surface area (Å²) in [5, 5.41) is 28.0. The second kappa shape index (κ2) is 16.3. The molecule has 0 spiro atoms. The number of rotatable bonds is 17. The highest BCUT2D eigenvalue weighted by Gasteiger charge is 2.41. The molecule has 2 heterocycles. The van der Waals surface area contributed by atoms with Gasteiger partial charge in [-0.3, -0.25) is 10.6 Å². The smallest absolute Gasteiger partial charge is 0.337 e. The van der Waals surface area contributed by atoms with Gasteiger partial charge in [0.15, 0.2) is 5.96 Å². The van der Waals surface area contributed by atoms with E-state index < -0.39 is 12.1 Å². The summed E-state index contributed by atoms with van der Waals surface area (Å²) in [6.07, 6.45) is 14.6. The van der Waals surface area contributed by atoms with Gasteiger partial charge in [0.25, 0.3) is 0 Å². The number of aliphatic hydroxyl groups is 1. The summed E-state index contributed by atoms with van der Waals surface area (Å²) in [7, 11) is 0. The minimum Gasteiger partial charge on any atom is -0.462 e. The Hall–Kier alpha value is -2.59. The summed E-state index contributed by atoms with van der Waals surface area (Å²) in [5.74, 6) is -0.351. The van der Waals surface area contributed by atoms with Crippen molar-refractivity contribution < 1.29 is 19.8 Å². The number of nitrogens with zero attached hydrogens (tertiary/aromatic N) is 3. The van der Waals surface area contributed by atoms with Crippen molar-refractivity contribution in [3.63, 3.8) is 0 Å². The van der Waals surface area contributed by atoms with Crippen molar-refractivity contribution in [1.29, 1.82) is 5.41 Å². The zero-order chi connectivity index (χ0) is 27.2. The van der Waals surface area contributed by atoms with Crippen molar-refractivity contribution in [2.75, 3.05) is 13.2 Å². The van der Waals surface area contributed by atoms with Crippen molar-refractivity contribution in [1.82, 2.24) is 9.96 Å². The molecule has 10 heteroatoms. The van der Waals surface area contributed by atoms with E-state index in [-0.39, 0.29) is 31.2 Å². The number of unbranched alkanes of at least 4 members (excludes halogenated alkanes) is 4. The van der Waals surface area contributed by atoms with Crippen LogP contribution in [0.4, 0.5) is 0 Å². The van der Waals surface area contributed by atoms with Crippen LogP contribution < -0.4 is 11.5 Å². The average molecular weight is 521 g/mol. The number of aliphatic hydroxyl groups excluding tert-OH is 1. The third-order valence-corrected chi connectivity index (χ3v) is 6.96. The molecule has 0 aromatic rings. The molecule has 1 saturated heterocycles. The summed E-state index contributed by atoms with van der Waals surface area (Å²) >= 11 is 0. The Labute approximate surface area is 221 Å². The normalized spacial score (nSPS) is 20.2. The minimum absolute atomic E-state index is 0.00915. The predicted molar refractivity (Wildman–Crippen MR) is 146 cm³/mol. The largest absolute Gasteiger partial charge is 0.462 e. The number of allylic oxidation sites excluding steroid dienone is 3. The number of hydroxylamine groups is 2. The van der Waals surface area contributed by atoms with Crippen LogP contribution in [0.2, 0.25) is 0 Å².